The number of nitrogens with zero attached hydrogens (tertiary/aromatic N) is 2. The maximum absolute atomic E-state index is 11.5. The molecule has 0 bridgehead atoms. The van der Waals surface area contributed by atoms with Crippen LogP contribution in [-0.4, -0.2) is 54.7 Å². The van der Waals surface area contributed by atoms with Gasteiger partial charge in [0.2, 0.25) is 5.91 Å². The molecule has 0 saturated carbocycles. The van der Waals surface area contributed by atoms with Crippen LogP contribution in [0.1, 0.15) is 5.56 Å². The largest absolute Gasteiger partial charge is 0.339 e. The zero-order valence-electron chi connectivity index (χ0n) is 11.3. The van der Waals surface area contributed by atoms with E-state index in [4.69, 9.17) is 5.73 Å². The van der Waals surface area contributed by atoms with E-state index in [9.17, 15) is 4.79 Å². The Morgan fingerprint density at radius 2 is 1.84 bits per heavy atom. The molecule has 1 aliphatic heterocycles. The van der Waals surface area contributed by atoms with E-state index in [0.29, 0.717) is 0 Å². The maximum atomic E-state index is 11.5. The van der Waals surface area contributed by atoms with Crippen LogP contribution in [0.3, 0.4) is 0 Å². The molecule has 1 aliphatic rings. The van der Waals surface area contributed by atoms with E-state index in [1.807, 2.05) is 4.90 Å². The van der Waals surface area contributed by atoms with Gasteiger partial charge in [0.25, 0.3) is 0 Å². The Morgan fingerprint density at radius 1 is 1.21 bits per heavy atom. The highest BCUT2D eigenvalue weighted by atomic mass is 32.2. The zero-order valence-corrected chi connectivity index (χ0v) is 12.2. The molecule has 1 amide bonds. The van der Waals surface area contributed by atoms with Crippen molar-refractivity contribution in [1.29, 1.82) is 0 Å². The molecule has 4 nitrogen and oxygen atoms in total. The molecule has 0 unspecified atom stereocenters. The molecule has 1 fully saturated rings. The number of benzene rings is 1. The van der Waals surface area contributed by atoms with Crippen molar-refractivity contribution in [3.63, 3.8) is 0 Å². The van der Waals surface area contributed by atoms with Gasteiger partial charge in [0.05, 0.1) is 6.54 Å². The number of rotatable bonds is 4. The summed E-state index contributed by atoms with van der Waals surface area (Å²) in [6, 6.07) is 8.69. The monoisotopic (exact) mass is 279 g/mol. The average molecular weight is 279 g/mol. The molecule has 1 heterocycles. The number of amides is 1. The Kier molecular flexibility index (Phi) is 5.24. The fourth-order valence-corrected chi connectivity index (χ4v) is 2.68. The molecule has 0 radical (unpaired) electrons. The van der Waals surface area contributed by atoms with Crippen LogP contribution in [0.4, 0.5) is 0 Å². The summed E-state index contributed by atoms with van der Waals surface area (Å²) in [5.41, 5.74) is 6.71. The Labute approximate surface area is 118 Å². The summed E-state index contributed by atoms with van der Waals surface area (Å²) in [6.45, 7) is 4.51. The van der Waals surface area contributed by atoms with Gasteiger partial charge in [0, 0.05) is 37.6 Å². The molecular formula is C14H21N3OS. The molecule has 1 aromatic rings. The molecule has 0 spiro atoms. The third-order valence-corrected chi connectivity index (χ3v) is 4.21. The summed E-state index contributed by atoms with van der Waals surface area (Å²) >= 11 is 1.76. The van der Waals surface area contributed by atoms with Gasteiger partial charge in [-0.1, -0.05) is 12.1 Å². The summed E-state index contributed by atoms with van der Waals surface area (Å²) in [4.78, 5) is 17.0. The van der Waals surface area contributed by atoms with Crippen LogP contribution in [0, 0.1) is 0 Å². The molecule has 0 aliphatic carbocycles. The van der Waals surface area contributed by atoms with Gasteiger partial charge < -0.3 is 10.6 Å². The van der Waals surface area contributed by atoms with Crippen LogP contribution >= 0.6 is 11.8 Å². The van der Waals surface area contributed by atoms with Crippen LogP contribution in [0.2, 0.25) is 0 Å². The molecular weight excluding hydrogens is 258 g/mol. The minimum absolute atomic E-state index is 0.0592. The Bertz CT molecular complexity index is 413. The van der Waals surface area contributed by atoms with Crippen molar-refractivity contribution in [2.24, 2.45) is 5.73 Å². The van der Waals surface area contributed by atoms with Crippen molar-refractivity contribution in [2.45, 2.75) is 11.4 Å². The van der Waals surface area contributed by atoms with E-state index < -0.39 is 0 Å². The summed E-state index contributed by atoms with van der Waals surface area (Å²) in [6.07, 6.45) is 2.09. The molecule has 104 valence electrons. The molecule has 19 heavy (non-hydrogen) atoms. The van der Waals surface area contributed by atoms with E-state index in [1.165, 1.54) is 10.5 Å². The number of piperazine rings is 1. The fraction of sp³-hybridized carbons (Fsp3) is 0.500. The van der Waals surface area contributed by atoms with Crippen molar-refractivity contribution < 1.29 is 4.79 Å². The first-order valence-electron chi connectivity index (χ1n) is 6.56. The predicted octanol–water partition coefficient (Wildman–Crippen LogP) is 1.01. The lowest BCUT2D eigenvalue weighted by molar-refractivity contribution is -0.131. The van der Waals surface area contributed by atoms with Crippen LogP contribution in [0.15, 0.2) is 29.2 Å². The lowest BCUT2D eigenvalue weighted by Gasteiger charge is -2.34. The topological polar surface area (TPSA) is 49.6 Å². The van der Waals surface area contributed by atoms with Gasteiger partial charge in [0.1, 0.15) is 0 Å². The van der Waals surface area contributed by atoms with E-state index >= 15 is 0 Å². The summed E-state index contributed by atoms with van der Waals surface area (Å²) in [5, 5.41) is 0. The lowest BCUT2D eigenvalue weighted by Crippen LogP contribution is -2.49. The van der Waals surface area contributed by atoms with E-state index in [-0.39, 0.29) is 12.5 Å². The van der Waals surface area contributed by atoms with E-state index in [0.717, 1.165) is 32.7 Å². The standard InChI is InChI=1S/C14H21N3OS/c1-19-13-4-2-12(3-5-13)11-16-6-8-17(9-7-16)14(18)10-15/h2-5H,6-11,15H2,1H3. The number of nitrogens with two attached hydrogens (primary N) is 1. The van der Waals surface area contributed by atoms with Crippen molar-refractivity contribution in [3.05, 3.63) is 29.8 Å². The third-order valence-electron chi connectivity index (χ3n) is 3.46. The highest BCUT2D eigenvalue weighted by Gasteiger charge is 2.19. The Morgan fingerprint density at radius 3 is 2.37 bits per heavy atom. The number of hydrogen-bond donors (Lipinski definition) is 1. The third kappa shape index (κ3) is 3.96. The van der Waals surface area contributed by atoms with Crippen LogP contribution in [-0.2, 0) is 11.3 Å². The second kappa shape index (κ2) is 6.93. The minimum atomic E-state index is 0.0592. The number of carbonyl (C=O) groups is 1. The van der Waals surface area contributed by atoms with Gasteiger partial charge in [-0.2, -0.15) is 0 Å². The maximum Gasteiger partial charge on any atom is 0.236 e. The van der Waals surface area contributed by atoms with Gasteiger partial charge in [0.15, 0.2) is 0 Å². The summed E-state index contributed by atoms with van der Waals surface area (Å²) in [5.74, 6) is 0.0592. The first-order chi connectivity index (χ1) is 9.22. The van der Waals surface area contributed by atoms with Crippen molar-refractivity contribution >= 4 is 17.7 Å². The SMILES string of the molecule is CSc1ccc(CN2CCN(C(=O)CN)CC2)cc1. The van der Waals surface area contributed by atoms with Crippen LogP contribution in [0.25, 0.3) is 0 Å². The summed E-state index contributed by atoms with van der Waals surface area (Å²) in [7, 11) is 0. The first-order valence-corrected chi connectivity index (χ1v) is 7.78. The average Bonchev–Trinajstić information content (AvgIpc) is 2.48. The molecule has 2 N–H and O–H groups in total. The van der Waals surface area contributed by atoms with Crippen LogP contribution < -0.4 is 5.73 Å². The fourth-order valence-electron chi connectivity index (χ4n) is 2.27. The van der Waals surface area contributed by atoms with Gasteiger partial charge in [-0.05, 0) is 24.0 Å². The van der Waals surface area contributed by atoms with Gasteiger partial charge in [-0.25, -0.2) is 0 Å². The van der Waals surface area contributed by atoms with E-state index in [1.54, 1.807) is 11.8 Å². The van der Waals surface area contributed by atoms with E-state index in [2.05, 4.69) is 35.4 Å². The molecule has 5 heteroatoms. The Hall–Kier alpha value is -1.04. The normalized spacial score (nSPS) is 16.6. The number of thioether (sulfide) groups is 1. The second-order valence-corrected chi connectivity index (χ2v) is 5.59. The molecule has 1 saturated heterocycles. The molecule has 0 atom stereocenters. The quantitative estimate of drug-likeness (QED) is 0.836. The highest BCUT2D eigenvalue weighted by Crippen LogP contribution is 2.16. The van der Waals surface area contributed by atoms with Gasteiger partial charge >= 0.3 is 0 Å². The number of carbonyl (C=O) groups excluding carboxylic acids is 1. The van der Waals surface area contributed by atoms with Crippen molar-refractivity contribution in [1.82, 2.24) is 9.80 Å². The lowest BCUT2D eigenvalue weighted by atomic mass is 10.2. The van der Waals surface area contributed by atoms with Crippen molar-refractivity contribution in [3.8, 4) is 0 Å². The number of hydrogen-bond acceptors (Lipinski definition) is 4. The zero-order chi connectivity index (χ0) is 13.7. The Balaban J connectivity index is 1.83. The predicted molar refractivity (Wildman–Crippen MR) is 79.1 cm³/mol. The van der Waals surface area contributed by atoms with Crippen LogP contribution in [0.5, 0.6) is 0 Å². The van der Waals surface area contributed by atoms with Gasteiger partial charge in [-0.15, -0.1) is 11.8 Å². The molecule has 2 rings (SSSR count). The molecule has 1 aromatic carbocycles. The highest BCUT2D eigenvalue weighted by molar-refractivity contribution is 7.98. The summed E-state index contributed by atoms with van der Waals surface area (Å²) < 4.78 is 0. The smallest absolute Gasteiger partial charge is 0.236 e. The van der Waals surface area contributed by atoms with Gasteiger partial charge in [-0.3, -0.25) is 9.69 Å². The second-order valence-electron chi connectivity index (χ2n) is 4.71. The van der Waals surface area contributed by atoms with Crippen molar-refractivity contribution in [2.75, 3.05) is 39.0 Å². The first kappa shape index (κ1) is 14.4. The minimum Gasteiger partial charge on any atom is -0.339 e. The molecule has 0 aromatic heterocycles.